The molecule has 0 aliphatic rings. The second-order valence-electron chi connectivity index (χ2n) is 1.65. The first kappa shape index (κ1) is 7.63. The van der Waals surface area contributed by atoms with E-state index in [4.69, 9.17) is 5.73 Å². The molecule has 0 rings (SSSR count). The summed E-state index contributed by atoms with van der Waals surface area (Å²) in [7, 11) is 0. The van der Waals surface area contributed by atoms with Crippen molar-refractivity contribution in [3.05, 3.63) is 12.7 Å². The van der Waals surface area contributed by atoms with Crippen LogP contribution in [-0.2, 0) is 0 Å². The molecule has 0 atom stereocenters. The van der Waals surface area contributed by atoms with Gasteiger partial charge >= 0.3 is 0 Å². The van der Waals surface area contributed by atoms with Gasteiger partial charge in [0.1, 0.15) is 0 Å². The van der Waals surface area contributed by atoms with Crippen LogP contribution in [0.5, 0.6) is 0 Å². The van der Waals surface area contributed by atoms with Gasteiger partial charge in [-0.1, -0.05) is 18.3 Å². The Bertz CT molecular complexity index is 88.5. The molecule has 0 aliphatic heterocycles. The Hall–Kier alpha value is -0.370. The van der Waals surface area contributed by atoms with Crippen LogP contribution in [0.4, 0.5) is 0 Å². The van der Waals surface area contributed by atoms with Gasteiger partial charge in [-0.05, 0) is 19.3 Å². The van der Waals surface area contributed by atoms with Crippen LogP contribution in [0, 0.1) is 0 Å². The fourth-order valence-electron chi connectivity index (χ4n) is 0.421. The highest BCUT2D eigenvalue weighted by Gasteiger charge is 1.85. The molecule has 0 spiro atoms. The summed E-state index contributed by atoms with van der Waals surface area (Å²) in [6, 6.07) is 0. The van der Waals surface area contributed by atoms with Gasteiger partial charge in [0.2, 0.25) is 0 Å². The summed E-state index contributed by atoms with van der Waals surface area (Å²) in [4.78, 5) is 0.604. The molecule has 46 valence electrons. The Kier molecular flexibility index (Phi) is 4.56. The van der Waals surface area contributed by atoms with E-state index in [2.05, 4.69) is 18.8 Å². The van der Waals surface area contributed by atoms with E-state index in [-0.39, 0.29) is 0 Å². The minimum Gasteiger partial charge on any atom is -0.393 e. The van der Waals surface area contributed by atoms with Crippen molar-refractivity contribution in [2.45, 2.75) is 19.3 Å². The Morgan fingerprint density at radius 3 is 2.75 bits per heavy atom. The highest BCUT2D eigenvalue weighted by atomic mass is 32.1. The molecule has 1 nitrogen and oxygen atoms in total. The third-order valence-electron chi connectivity index (χ3n) is 0.831. The molecule has 0 bridgehead atoms. The molecule has 8 heavy (non-hydrogen) atoms. The van der Waals surface area contributed by atoms with Crippen molar-refractivity contribution in [2.24, 2.45) is 5.73 Å². The molecule has 0 aromatic carbocycles. The average molecular weight is 129 g/mol. The van der Waals surface area contributed by atoms with Crippen LogP contribution in [-0.4, -0.2) is 4.99 Å². The maximum Gasteiger partial charge on any atom is 0.0727 e. The number of thiocarbonyl (C=S) groups is 1. The Morgan fingerprint density at radius 1 is 1.75 bits per heavy atom. The maximum atomic E-state index is 5.23. The van der Waals surface area contributed by atoms with Gasteiger partial charge in [0.05, 0.1) is 4.99 Å². The number of rotatable bonds is 4. The first-order valence-corrected chi connectivity index (χ1v) is 3.07. The lowest BCUT2D eigenvalue weighted by atomic mass is 10.2. The summed E-state index contributed by atoms with van der Waals surface area (Å²) >= 11 is 4.65. The summed E-state index contributed by atoms with van der Waals surface area (Å²) in [5, 5.41) is 0. The predicted octanol–water partition coefficient (Wildman–Crippen LogP) is 1.63. The molecule has 0 unspecified atom stereocenters. The lowest BCUT2D eigenvalue weighted by Crippen LogP contribution is -2.06. The van der Waals surface area contributed by atoms with Crippen LogP contribution in [0.15, 0.2) is 12.7 Å². The molecule has 0 amide bonds. The minimum atomic E-state index is 0.604. The zero-order valence-electron chi connectivity index (χ0n) is 4.89. The van der Waals surface area contributed by atoms with Gasteiger partial charge in [0.15, 0.2) is 0 Å². The van der Waals surface area contributed by atoms with Crippen LogP contribution in [0.25, 0.3) is 0 Å². The molecular weight excluding hydrogens is 118 g/mol. The monoisotopic (exact) mass is 129 g/mol. The van der Waals surface area contributed by atoms with Crippen molar-refractivity contribution in [3.8, 4) is 0 Å². The molecule has 0 heterocycles. The summed E-state index contributed by atoms with van der Waals surface area (Å²) in [6.45, 7) is 3.57. The highest BCUT2D eigenvalue weighted by Crippen LogP contribution is 1.94. The summed E-state index contributed by atoms with van der Waals surface area (Å²) in [5.74, 6) is 0. The van der Waals surface area contributed by atoms with E-state index in [0.29, 0.717) is 4.99 Å². The second-order valence-corrected chi connectivity index (χ2v) is 2.17. The van der Waals surface area contributed by atoms with E-state index < -0.39 is 0 Å². The molecule has 0 radical (unpaired) electrons. The van der Waals surface area contributed by atoms with Gasteiger partial charge in [0, 0.05) is 0 Å². The largest absolute Gasteiger partial charge is 0.393 e. The van der Waals surface area contributed by atoms with Crippen LogP contribution in [0.3, 0.4) is 0 Å². The summed E-state index contributed by atoms with van der Waals surface area (Å²) < 4.78 is 0. The Morgan fingerprint density at radius 2 is 2.38 bits per heavy atom. The average Bonchev–Trinajstić information content (AvgIpc) is 1.66. The van der Waals surface area contributed by atoms with E-state index in [1.165, 1.54) is 0 Å². The van der Waals surface area contributed by atoms with Gasteiger partial charge < -0.3 is 5.73 Å². The van der Waals surface area contributed by atoms with Gasteiger partial charge in [-0.25, -0.2) is 0 Å². The van der Waals surface area contributed by atoms with Crippen molar-refractivity contribution in [1.29, 1.82) is 0 Å². The molecule has 0 aromatic heterocycles. The van der Waals surface area contributed by atoms with E-state index in [1.807, 2.05) is 6.08 Å². The standard InChI is InChI=1S/C6H11NS/c1-2-3-4-5-6(7)8/h2H,1,3-5H2,(H2,7,8). The molecule has 0 fully saturated rings. The number of hydrogen-bond acceptors (Lipinski definition) is 1. The van der Waals surface area contributed by atoms with Crippen LogP contribution < -0.4 is 5.73 Å². The van der Waals surface area contributed by atoms with Crippen molar-refractivity contribution >= 4 is 17.2 Å². The van der Waals surface area contributed by atoms with E-state index in [0.717, 1.165) is 19.3 Å². The Balaban J connectivity index is 2.93. The third kappa shape index (κ3) is 5.63. The van der Waals surface area contributed by atoms with E-state index >= 15 is 0 Å². The zero-order valence-corrected chi connectivity index (χ0v) is 5.71. The number of hydrogen-bond donors (Lipinski definition) is 1. The SMILES string of the molecule is C=CCCCC(N)=S. The number of allylic oxidation sites excluding steroid dienone is 1. The van der Waals surface area contributed by atoms with Crippen molar-refractivity contribution < 1.29 is 0 Å². The first-order chi connectivity index (χ1) is 3.77. The van der Waals surface area contributed by atoms with Crippen LogP contribution in [0.2, 0.25) is 0 Å². The van der Waals surface area contributed by atoms with Gasteiger partial charge in [-0.15, -0.1) is 6.58 Å². The molecule has 0 saturated carbocycles. The van der Waals surface area contributed by atoms with Gasteiger partial charge in [-0.3, -0.25) is 0 Å². The third-order valence-corrected chi connectivity index (χ3v) is 1.04. The lowest BCUT2D eigenvalue weighted by molar-refractivity contribution is 0.898. The van der Waals surface area contributed by atoms with E-state index in [1.54, 1.807) is 0 Å². The summed E-state index contributed by atoms with van der Waals surface area (Å²) in [5.41, 5.74) is 5.23. The number of unbranched alkanes of at least 4 members (excludes halogenated alkanes) is 1. The van der Waals surface area contributed by atoms with Gasteiger partial charge in [0.25, 0.3) is 0 Å². The first-order valence-electron chi connectivity index (χ1n) is 2.66. The lowest BCUT2D eigenvalue weighted by Gasteiger charge is -1.91. The van der Waals surface area contributed by atoms with E-state index in [9.17, 15) is 0 Å². The van der Waals surface area contributed by atoms with Crippen molar-refractivity contribution in [2.75, 3.05) is 0 Å². The fraction of sp³-hybridized carbons (Fsp3) is 0.500. The van der Waals surface area contributed by atoms with Crippen LogP contribution >= 0.6 is 12.2 Å². The molecule has 0 aromatic rings. The summed E-state index contributed by atoms with van der Waals surface area (Å²) in [6.07, 6.45) is 4.77. The Labute approximate surface area is 55.6 Å². The maximum absolute atomic E-state index is 5.23. The fourth-order valence-corrected chi connectivity index (χ4v) is 0.565. The van der Waals surface area contributed by atoms with Gasteiger partial charge in [-0.2, -0.15) is 0 Å². The quantitative estimate of drug-likeness (QED) is 0.354. The highest BCUT2D eigenvalue weighted by molar-refractivity contribution is 7.80. The topological polar surface area (TPSA) is 26.0 Å². The predicted molar refractivity (Wildman–Crippen MR) is 40.8 cm³/mol. The van der Waals surface area contributed by atoms with Crippen LogP contribution in [0.1, 0.15) is 19.3 Å². The normalized spacial score (nSPS) is 8.50. The molecule has 0 saturated heterocycles. The van der Waals surface area contributed by atoms with Crippen molar-refractivity contribution in [1.82, 2.24) is 0 Å². The van der Waals surface area contributed by atoms with Crippen molar-refractivity contribution in [3.63, 3.8) is 0 Å². The molecule has 2 heteroatoms. The molecular formula is C6H11NS. The molecule has 2 N–H and O–H groups in total. The second kappa shape index (κ2) is 4.78. The smallest absolute Gasteiger partial charge is 0.0727 e. The number of nitrogens with two attached hydrogens (primary N) is 1. The molecule has 0 aliphatic carbocycles. The minimum absolute atomic E-state index is 0.604. The zero-order chi connectivity index (χ0) is 6.41.